The summed E-state index contributed by atoms with van der Waals surface area (Å²) < 4.78 is 110. The van der Waals surface area contributed by atoms with Crippen molar-refractivity contribution in [3.63, 3.8) is 0 Å². The molecule has 0 aliphatic rings. The van der Waals surface area contributed by atoms with Gasteiger partial charge in [0.2, 0.25) is 0 Å². The Kier molecular flexibility index (Phi) is 23.2. The number of nitrogens with zero attached hydrogens (tertiary/aromatic N) is 2. The second-order valence-electron chi connectivity index (χ2n) is 10.1. The van der Waals surface area contributed by atoms with Crippen LogP contribution in [0.5, 0.6) is 0 Å². The van der Waals surface area contributed by atoms with Gasteiger partial charge in [0.1, 0.15) is 13.1 Å². The number of quaternary nitrogens is 1. The molecule has 0 aliphatic carbocycles. The molecule has 0 aromatic heterocycles. The van der Waals surface area contributed by atoms with E-state index >= 15 is 0 Å². The van der Waals surface area contributed by atoms with Crippen molar-refractivity contribution >= 4 is 20.0 Å². The molecule has 2 N–H and O–H groups in total. The number of halogens is 6. The number of aliphatic hydroxyl groups is 2. The van der Waals surface area contributed by atoms with Crippen molar-refractivity contribution in [1.29, 1.82) is 0 Å². The summed E-state index contributed by atoms with van der Waals surface area (Å²) in [4.78, 5) is 0. The van der Waals surface area contributed by atoms with Gasteiger partial charge in [-0.25, -0.2) is 16.8 Å². The Balaban J connectivity index is 0. The quantitative estimate of drug-likeness (QED) is 0.0530. The highest BCUT2D eigenvalue weighted by molar-refractivity contribution is 8.13. The van der Waals surface area contributed by atoms with Crippen LogP contribution in [0.1, 0.15) is 104 Å². The molecule has 0 heterocycles. The molecule has 0 amide bonds. The third kappa shape index (κ3) is 20.1. The molecule has 0 unspecified atom stereocenters. The van der Waals surface area contributed by atoms with Gasteiger partial charge in [-0.15, -0.1) is 0 Å². The van der Waals surface area contributed by atoms with Crippen LogP contribution in [-0.4, -0.2) is 81.9 Å². The van der Waals surface area contributed by atoms with Crippen LogP contribution in [0.15, 0.2) is 12.2 Å². The molecule has 0 radical (unpaired) electrons. The molecule has 0 saturated carbocycles. The molecule has 0 bridgehead atoms. The Morgan fingerprint density at radius 3 is 1.29 bits per heavy atom. The number of hydrogen-bond acceptors (Lipinski definition) is 6. The summed E-state index contributed by atoms with van der Waals surface area (Å²) in [5.74, 6) is 0. The molecule has 16 heteroatoms. The Morgan fingerprint density at radius 1 is 0.595 bits per heavy atom. The largest absolute Gasteiger partial charge is 0.480 e. The molecule has 8 nitrogen and oxygen atoms in total. The number of hydrogen-bond donors (Lipinski definition) is 2. The Bertz CT molecular complexity index is 863. The summed E-state index contributed by atoms with van der Waals surface area (Å²) in [6.45, 7) is 8.55. The predicted octanol–water partition coefficient (Wildman–Crippen LogP) is 6.90. The molecule has 254 valence electrons. The van der Waals surface area contributed by atoms with Crippen LogP contribution < -0.4 is 0 Å². The molecular formula is C26H50F6N2O6S2. The second kappa shape index (κ2) is 22.6. The lowest BCUT2D eigenvalue weighted by Crippen LogP contribution is -2.52. The fraction of sp³-hybridized carbons (Fsp3) is 0.923. The minimum atomic E-state index is -6.72. The number of rotatable bonds is 23. The van der Waals surface area contributed by atoms with E-state index in [-0.39, 0.29) is 13.2 Å². The Morgan fingerprint density at radius 2 is 0.952 bits per heavy atom. The van der Waals surface area contributed by atoms with E-state index in [0.717, 1.165) is 34.8 Å². The molecule has 0 aromatic carbocycles. The molecule has 0 atom stereocenters. The molecule has 42 heavy (non-hydrogen) atoms. The van der Waals surface area contributed by atoms with Gasteiger partial charge < -0.3 is 18.8 Å². The Hall–Kier alpha value is -0.940. The fourth-order valence-corrected chi connectivity index (χ4v) is 5.85. The summed E-state index contributed by atoms with van der Waals surface area (Å²) in [6, 6.07) is 0. The first kappa shape index (κ1) is 43.2. The first-order valence-corrected chi connectivity index (χ1v) is 17.4. The standard InChI is InChI=1S/C24H50NO2.C2F6NO4S2/c1-3-5-6-7-8-9-10-11-12-13-14-15-16-17-18-19-20-25(4-2,21-23-26)22-24-27;3-1(4,5)14(10,11)9-15(12,13)2(6,7)8/h11-12,26-27H,3-10,13-24H2,1-2H3;/q+1;-1/b12-11-;. The van der Waals surface area contributed by atoms with Crippen LogP contribution in [0.2, 0.25) is 0 Å². The third-order valence-electron chi connectivity index (χ3n) is 6.74. The van der Waals surface area contributed by atoms with Crippen molar-refractivity contribution in [1.82, 2.24) is 0 Å². The van der Waals surface area contributed by atoms with Gasteiger partial charge in [0.05, 0.1) is 26.3 Å². The van der Waals surface area contributed by atoms with Crippen LogP contribution in [0.25, 0.3) is 4.13 Å². The maximum Gasteiger partial charge on any atom is 0.480 e. The van der Waals surface area contributed by atoms with Crippen molar-refractivity contribution in [2.24, 2.45) is 0 Å². The summed E-state index contributed by atoms with van der Waals surface area (Å²) in [5.41, 5.74) is -12.4. The van der Waals surface area contributed by atoms with E-state index in [0.29, 0.717) is 0 Å². The van der Waals surface area contributed by atoms with Crippen LogP contribution in [0.3, 0.4) is 0 Å². The highest BCUT2D eigenvalue weighted by atomic mass is 32.3. The molecule has 0 rings (SSSR count). The van der Waals surface area contributed by atoms with Gasteiger partial charge in [0.25, 0.3) is 0 Å². The SMILES string of the molecule is CCCCCCCC/C=C\CCCCCCCC[N+](CC)(CCO)CCO.O=S(=O)([N-]S(=O)(=O)C(F)(F)F)C(F)(F)F. The summed E-state index contributed by atoms with van der Waals surface area (Å²) >= 11 is 0. The minimum absolute atomic E-state index is 0.222. The normalized spacial score (nSPS) is 13.4. The van der Waals surface area contributed by atoms with E-state index in [1.54, 1.807) is 0 Å². The second-order valence-corrected chi connectivity index (χ2v) is 13.6. The van der Waals surface area contributed by atoms with Gasteiger partial charge in [-0.05, 0) is 45.4 Å². The minimum Gasteiger partial charge on any atom is -0.421 e. The maximum absolute atomic E-state index is 11.4. The van der Waals surface area contributed by atoms with Gasteiger partial charge in [0, 0.05) is 0 Å². The third-order valence-corrected chi connectivity index (χ3v) is 9.48. The number of aliphatic hydroxyl groups excluding tert-OH is 2. The topological polar surface area (TPSA) is 123 Å². The lowest BCUT2D eigenvalue weighted by Gasteiger charge is -2.37. The molecular weight excluding hydrogens is 614 g/mol. The van der Waals surface area contributed by atoms with Gasteiger partial charge >= 0.3 is 11.0 Å². The number of likely N-dealkylation sites (N-methyl/N-ethyl adjacent to an activating group) is 1. The predicted molar refractivity (Wildman–Crippen MR) is 152 cm³/mol. The van der Waals surface area contributed by atoms with Gasteiger partial charge in [-0.3, -0.25) is 0 Å². The molecule has 0 spiro atoms. The zero-order valence-electron chi connectivity index (χ0n) is 24.8. The number of unbranched alkanes of at least 4 members (excludes halogenated alkanes) is 12. The molecule has 0 aliphatic heterocycles. The molecule has 0 fully saturated rings. The van der Waals surface area contributed by atoms with E-state index < -0.39 is 31.1 Å². The van der Waals surface area contributed by atoms with E-state index in [9.17, 15) is 53.4 Å². The zero-order chi connectivity index (χ0) is 32.8. The van der Waals surface area contributed by atoms with Crippen molar-refractivity contribution in [2.75, 3.05) is 39.4 Å². The Labute approximate surface area is 248 Å². The lowest BCUT2D eigenvalue weighted by atomic mass is 10.1. The van der Waals surface area contributed by atoms with E-state index in [4.69, 9.17) is 0 Å². The van der Waals surface area contributed by atoms with Crippen LogP contribution in [0.4, 0.5) is 26.3 Å². The molecule has 0 saturated heterocycles. The highest BCUT2D eigenvalue weighted by Crippen LogP contribution is 2.36. The zero-order valence-corrected chi connectivity index (χ0v) is 26.4. The van der Waals surface area contributed by atoms with Crippen molar-refractivity contribution in [2.45, 2.75) is 115 Å². The number of sulfonamides is 2. The summed E-state index contributed by atoms with van der Waals surface area (Å²) in [5, 5.41) is 18.6. The average molecular weight is 665 g/mol. The summed E-state index contributed by atoms with van der Waals surface area (Å²) in [7, 11) is -13.4. The van der Waals surface area contributed by atoms with Crippen LogP contribution in [-0.2, 0) is 20.0 Å². The highest BCUT2D eigenvalue weighted by Gasteiger charge is 2.46. The monoisotopic (exact) mass is 664 g/mol. The van der Waals surface area contributed by atoms with E-state index in [2.05, 4.69) is 26.0 Å². The van der Waals surface area contributed by atoms with Crippen LogP contribution in [0, 0.1) is 0 Å². The number of allylic oxidation sites excluding steroid dienone is 2. The first-order chi connectivity index (χ1) is 19.4. The van der Waals surface area contributed by atoms with Crippen LogP contribution >= 0.6 is 0 Å². The number of alkyl halides is 6. The van der Waals surface area contributed by atoms with Gasteiger partial charge in [-0.2, -0.15) is 26.3 Å². The average Bonchev–Trinajstić information content (AvgIpc) is 2.87. The van der Waals surface area contributed by atoms with E-state index in [1.165, 1.54) is 89.9 Å². The first-order valence-electron chi connectivity index (χ1n) is 14.5. The van der Waals surface area contributed by atoms with Gasteiger partial charge in [-0.1, -0.05) is 70.4 Å². The van der Waals surface area contributed by atoms with Gasteiger partial charge in [0.15, 0.2) is 20.0 Å². The van der Waals surface area contributed by atoms with Crippen molar-refractivity contribution in [3.8, 4) is 0 Å². The molecule has 0 aromatic rings. The lowest BCUT2D eigenvalue weighted by molar-refractivity contribution is -0.927. The van der Waals surface area contributed by atoms with Crippen molar-refractivity contribution in [3.05, 3.63) is 16.3 Å². The maximum atomic E-state index is 11.4. The van der Waals surface area contributed by atoms with Crippen molar-refractivity contribution < 1.29 is 57.9 Å². The summed E-state index contributed by atoms with van der Waals surface area (Å²) in [6.07, 6.45) is 23.5. The fourth-order valence-electron chi connectivity index (χ4n) is 4.14. The van der Waals surface area contributed by atoms with E-state index in [1.807, 2.05) is 0 Å². The smallest absolute Gasteiger partial charge is 0.421 e.